The molecule has 0 unspecified atom stereocenters. The van der Waals surface area contributed by atoms with Crippen molar-refractivity contribution in [2.24, 2.45) is 0 Å². The average Bonchev–Trinajstić information content (AvgIpc) is 2.27. The molecule has 0 saturated heterocycles. The van der Waals surface area contributed by atoms with Crippen molar-refractivity contribution >= 4 is 8.60 Å². The van der Waals surface area contributed by atoms with Gasteiger partial charge in [0.2, 0.25) is 0 Å². The standard InChI is InChI=1S/3C5H8O.H3O3P/c3*1-4-5(2,3)6;1-4(2)3/h3*1,6H,2-3H3;1-3H. The molecule has 0 aliphatic heterocycles. The highest BCUT2D eigenvalue weighted by Gasteiger charge is 2.04. The van der Waals surface area contributed by atoms with Crippen LogP contribution < -0.4 is 0 Å². The van der Waals surface area contributed by atoms with Crippen molar-refractivity contribution in [3.8, 4) is 37.0 Å². The van der Waals surface area contributed by atoms with Crippen LogP contribution in [0.4, 0.5) is 0 Å². The van der Waals surface area contributed by atoms with E-state index < -0.39 is 25.4 Å². The molecular weight excluding hydrogens is 307 g/mol. The van der Waals surface area contributed by atoms with Gasteiger partial charge < -0.3 is 30.0 Å². The zero-order valence-corrected chi connectivity index (χ0v) is 14.8. The second-order valence-electron chi connectivity index (χ2n) is 5.38. The van der Waals surface area contributed by atoms with E-state index >= 15 is 0 Å². The molecule has 0 fully saturated rings. The number of hydrogen-bond acceptors (Lipinski definition) is 6. The Balaban J connectivity index is -0.0000000994. The molecule has 22 heavy (non-hydrogen) atoms. The Morgan fingerprint density at radius 1 is 0.591 bits per heavy atom. The van der Waals surface area contributed by atoms with Crippen LogP contribution in [0.2, 0.25) is 0 Å². The Morgan fingerprint density at radius 2 is 0.636 bits per heavy atom. The number of hydrogen-bond donors (Lipinski definition) is 6. The van der Waals surface area contributed by atoms with Gasteiger partial charge in [-0.2, -0.15) is 0 Å². The number of rotatable bonds is 0. The summed E-state index contributed by atoms with van der Waals surface area (Å²) in [4.78, 5) is 21.7. The van der Waals surface area contributed by atoms with Crippen LogP contribution in [0.15, 0.2) is 0 Å². The van der Waals surface area contributed by atoms with Crippen molar-refractivity contribution in [1.82, 2.24) is 0 Å². The van der Waals surface area contributed by atoms with E-state index in [1.165, 1.54) is 0 Å². The summed E-state index contributed by atoms with van der Waals surface area (Å²) in [5.74, 6) is 6.48. The molecule has 0 rings (SSSR count). The summed E-state index contributed by atoms with van der Waals surface area (Å²) in [6, 6.07) is 0. The van der Waals surface area contributed by atoms with Gasteiger partial charge in [0.05, 0.1) is 0 Å². The van der Waals surface area contributed by atoms with Crippen LogP contribution in [0.1, 0.15) is 41.5 Å². The van der Waals surface area contributed by atoms with Gasteiger partial charge in [-0.1, -0.05) is 17.8 Å². The first-order valence-corrected chi connectivity index (χ1v) is 7.09. The third-order valence-corrected chi connectivity index (χ3v) is 1.06. The van der Waals surface area contributed by atoms with E-state index in [0.29, 0.717) is 0 Å². The van der Waals surface area contributed by atoms with E-state index in [-0.39, 0.29) is 0 Å². The first-order chi connectivity index (χ1) is 9.41. The molecule has 0 bridgehead atoms. The first-order valence-electron chi connectivity index (χ1n) is 5.89. The molecule has 0 amide bonds. The fraction of sp³-hybridized carbons (Fsp3) is 0.600. The van der Waals surface area contributed by atoms with Gasteiger partial charge in [-0.05, 0) is 41.5 Å². The Kier molecular flexibility index (Phi) is 17.8. The van der Waals surface area contributed by atoms with Gasteiger partial charge in [0, 0.05) is 0 Å². The van der Waals surface area contributed by atoms with E-state index in [2.05, 4.69) is 17.8 Å². The molecule has 0 aliphatic carbocycles. The molecule has 6 N–H and O–H groups in total. The van der Waals surface area contributed by atoms with Crippen LogP contribution in [-0.2, 0) is 0 Å². The molecule has 7 heteroatoms. The smallest absolute Gasteiger partial charge is 0.324 e. The molecule has 0 saturated carbocycles. The predicted molar refractivity (Wildman–Crippen MR) is 89.0 cm³/mol. The van der Waals surface area contributed by atoms with Crippen molar-refractivity contribution in [2.45, 2.75) is 58.3 Å². The van der Waals surface area contributed by atoms with Gasteiger partial charge in [-0.3, -0.25) is 0 Å². The topological polar surface area (TPSA) is 121 Å². The van der Waals surface area contributed by atoms with Crippen LogP contribution in [0.25, 0.3) is 0 Å². The van der Waals surface area contributed by atoms with Gasteiger partial charge in [-0.25, -0.2) is 0 Å². The summed E-state index contributed by atoms with van der Waals surface area (Å²) >= 11 is 0. The van der Waals surface area contributed by atoms with E-state index in [9.17, 15) is 0 Å². The molecule has 0 radical (unpaired) electrons. The molecule has 0 spiro atoms. The second kappa shape index (κ2) is 13.5. The molecule has 128 valence electrons. The van der Waals surface area contributed by atoms with Gasteiger partial charge in [0.1, 0.15) is 16.8 Å². The lowest BCUT2D eigenvalue weighted by Crippen LogP contribution is -2.13. The maximum Gasteiger partial charge on any atom is 0.324 e. The van der Waals surface area contributed by atoms with E-state index in [4.69, 9.17) is 49.3 Å². The third kappa shape index (κ3) is 97.3. The van der Waals surface area contributed by atoms with Crippen molar-refractivity contribution in [3.63, 3.8) is 0 Å². The van der Waals surface area contributed by atoms with Crippen LogP contribution in [0.3, 0.4) is 0 Å². The summed E-state index contributed by atoms with van der Waals surface area (Å²) in [6.45, 7) is 9.38. The summed E-state index contributed by atoms with van der Waals surface area (Å²) in [6.07, 6.45) is 14.4. The zero-order chi connectivity index (χ0) is 19.2. The Labute approximate surface area is 134 Å². The Morgan fingerprint density at radius 3 is 0.636 bits per heavy atom. The normalized spacial score (nSPS) is 10.1. The fourth-order valence-corrected chi connectivity index (χ4v) is 0. The number of aliphatic hydroxyl groups is 3. The minimum absolute atomic E-state index is 0.931. The lowest BCUT2D eigenvalue weighted by Gasteiger charge is -2.04. The highest BCUT2D eigenvalue weighted by Crippen LogP contribution is 2.11. The summed E-state index contributed by atoms with van der Waals surface area (Å²) in [5, 5.41) is 25.8. The lowest BCUT2D eigenvalue weighted by molar-refractivity contribution is 0.143. The van der Waals surface area contributed by atoms with E-state index in [0.717, 1.165) is 0 Å². The minimum Gasteiger partial charge on any atom is -0.378 e. The SMILES string of the molecule is C#CC(C)(C)O.C#CC(C)(C)O.C#CC(C)(C)O.OP(O)O. The summed E-state index contributed by atoms with van der Waals surface area (Å²) in [5.41, 5.74) is -2.79. The largest absolute Gasteiger partial charge is 0.378 e. The second-order valence-corrected chi connectivity index (χ2v) is 5.92. The van der Waals surface area contributed by atoms with E-state index in [1.807, 2.05) is 0 Å². The maximum atomic E-state index is 8.59. The van der Waals surface area contributed by atoms with Gasteiger partial charge >= 0.3 is 8.60 Å². The van der Waals surface area contributed by atoms with Gasteiger partial charge in [0.25, 0.3) is 0 Å². The quantitative estimate of drug-likeness (QED) is 0.281. The maximum absolute atomic E-state index is 8.59. The third-order valence-electron chi connectivity index (χ3n) is 1.06. The molecule has 0 aromatic rings. The minimum atomic E-state index is -2.62. The Bertz CT molecular complexity index is 317. The molecule has 6 nitrogen and oxygen atoms in total. The van der Waals surface area contributed by atoms with Crippen LogP contribution in [0, 0.1) is 37.0 Å². The van der Waals surface area contributed by atoms with E-state index in [1.54, 1.807) is 41.5 Å². The summed E-state index contributed by atoms with van der Waals surface area (Å²) in [7, 11) is -2.62. The zero-order valence-electron chi connectivity index (χ0n) is 13.9. The van der Waals surface area contributed by atoms with Gasteiger partial charge in [0.15, 0.2) is 0 Å². The van der Waals surface area contributed by atoms with Gasteiger partial charge in [-0.15, -0.1) is 19.3 Å². The molecule has 0 heterocycles. The lowest BCUT2D eigenvalue weighted by atomic mass is 10.2. The number of terminal acetylenes is 3. The van der Waals surface area contributed by atoms with Crippen molar-refractivity contribution in [2.75, 3.05) is 0 Å². The average molecular weight is 334 g/mol. The highest BCUT2D eigenvalue weighted by atomic mass is 31.2. The molecule has 0 aromatic carbocycles. The van der Waals surface area contributed by atoms with Crippen LogP contribution in [-0.4, -0.2) is 46.8 Å². The highest BCUT2D eigenvalue weighted by molar-refractivity contribution is 7.38. The monoisotopic (exact) mass is 334 g/mol. The van der Waals surface area contributed by atoms with Crippen molar-refractivity contribution in [3.05, 3.63) is 0 Å². The van der Waals surface area contributed by atoms with Crippen LogP contribution in [0.5, 0.6) is 0 Å². The summed E-state index contributed by atoms with van der Waals surface area (Å²) < 4.78 is 0. The molecule has 0 atom stereocenters. The first kappa shape index (κ1) is 29.0. The molecular formula is C15H27O6P. The Hall–Kier alpha value is -1.13. The molecule has 0 aliphatic rings. The molecule has 0 aromatic heterocycles. The fourth-order valence-electron chi connectivity index (χ4n) is 0. The van der Waals surface area contributed by atoms with Crippen molar-refractivity contribution < 1.29 is 30.0 Å². The predicted octanol–water partition coefficient (Wildman–Crippen LogP) is 0.362. The van der Waals surface area contributed by atoms with Crippen molar-refractivity contribution in [1.29, 1.82) is 0 Å². The van der Waals surface area contributed by atoms with Crippen LogP contribution >= 0.6 is 8.60 Å².